The van der Waals surface area contributed by atoms with Gasteiger partial charge in [0.15, 0.2) is 0 Å². The zero-order chi connectivity index (χ0) is 15.5. The van der Waals surface area contributed by atoms with Gasteiger partial charge in [0.1, 0.15) is 0 Å². The number of nitrogens with one attached hydrogen (secondary N) is 1. The van der Waals surface area contributed by atoms with E-state index in [-0.39, 0.29) is 6.54 Å². The Kier molecular flexibility index (Phi) is 3.94. The summed E-state index contributed by atoms with van der Waals surface area (Å²) in [6.07, 6.45) is 2.31. The normalized spacial score (nSPS) is 12.4. The molecule has 4 N–H and O–H groups in total. The van der Waals surface area contributed by atoms with E-state index in [0.717, 1.165) is 27.6 Å². The third-order valence-corrected chi connectivity index (χ3v) is 3.97. The minimum absolute atomic E-state index is 0.139. The van der Waals surface area contributed by atoms with Crippen LogP contribution in [0.2, 0.25) is 0 Å². The quantitative estimate of drug-likeness (QED) is 0.676. The van der Waals surface area contributed by atoms with E-state index in [1.165, 1.54) is 0 Å². The Balaban J connectivity index is 2.00. The zero-order valence-electron chi connectivity index (χ0n) is 12.1. The largest absolute Gasteiger partial charge is 0.481 e. The third kappa shape index (κ3) is 2.73. The topological polar surface area (TPSA) is 79.1 Å². The van der Waals surface area contributed by atoms with Crippen molar-refractivity contribution in [3.8, 4) is 11.1 Å². The molecule has 1 unspecified atom stereocenters. The maximum absolute atomic E-state index is 11.2. The number of carboxylic acid groups (broad SMARTS) is 1. The van der Waals surface area contributed by atoms with Crippen molar-refractivity contribution >= 4 is 16.9 Å². The maximum Gasteiger partial charge on any atom is 0.308 e. The van der Waals surface area contributed by atoms with E-state index in [1.54, 1.807) is 0 Å². The molecule has 3 aromatic rings. The van der Waals surface area contributed by atoms with E-state index < -0.39 is 11.9 Å². The van der Waals surface area contributed by atoms with Crippen molar-refractivity contribution in [1.82, 2.24) is 4.98 Å². The van der Waals surface area contributed by atoms with E-state index in [9.17, 15) is 9.90 Å². The van der Waals surface area contributed by atoms with E-state index in [1.807, 2.05) is 30.5 Å². The number of H-pyrrole nitrogens is 1. The second-order valence-electron chi connectivity index (χ2n) is 5.42. The van der Waals surface area contributed by atoms with Crippen LogP contribution in [-0.2, 0) is 11.2 Å². The number of aromatic amines is 1. The summed E-state index contributed by atoms with van der Waals surface area (Å²) in [6, 6.07) is 16.3. The molecule has 1 heterocycles. The number of fused-ring (bicyclic) bond motifs is 1. The Labute approximate surface area is 128 Å². The van der Waals surface area contributed by atoms with Crippen LogP contribution in [0.3, 0.4) is 0 Å². The number of carbonyl (C=O) groups is 1. The van der Waals surface area contributed by atoms with Crippen LogP contribution in [0.5, 0.6) is 0 Å². The van der Waals surface area contributed by atoms with E-state index in [4.69, 9.17) is 5.73 Å². The van der Waals surface area contributed by atoms with Crippen LogP contribution in [-0.4, -0.2) is 22.6 Å². The molecule has 0 aliphatic heterocycles. The molecule has 0 aliphatic carbocycles. The van der Waals surface area contributed by atoms with Crippen LogP contribution >= 0.6 is 0 Å². The van der Waals surface area contributed by atoms with Gasteiger partial charge >= 0.3 is 5.97 Å². The van der Waals surface area contributed by atoms with Crippen molar-refractivity contribution in [2.75, 3.05) is 6.54 Å². The molecule has 1 atom stereocenters. The molecule has 0 fully saturated rings. The Morgan fingerprint density at radius 3 is 2.59 bits per heavy atom. The van der Waals surface area contributed by atoms with Gasteiger partial charge in [0.2, 0.25) is 0 Å². The molecule has 112 valence electrons. The molecule has 0 bridgehead atoms. The molecule has 0 saturated heterocycles. The van der Waals surface area contributed by atoms with Gasteiger partial charge in [-0.05, 0) is 35.2 Å². The summed E-state index contributed by atoms with van der Waals surface area (Å²) in [7, 11) is 0. The third-order valence-electron chi connectivity index (χ3n) is 3.97. The highest BCUT2D eigenvalue weighted by Gasteiger charge is 2.18. The van der Waals surface area contributed by atoms with Crippen LogP contribution in [0.1, 0.15) is 5.56 Å². The summed E-state index contributed by atoms with van der Waals surface area (Å²) in [4.78, 5) is 14.4. The van der Waals surface area contributed by atoms with Crippen molar-refractivity contribution < 1.29 is 9.90 Å². The Morgan fingerprint density at radius 1 is 1.14 bits per heavy atom. The second kappa shape index (κ2) is 6.03. The SMILES string of the molecule is NCC(Cc1c[nH]c2ccc(-c3ccccc3)cc12)C(=O)O. The van der Waals surface area contributed by atoms with Gasteiger partial charge in [-0.15, -0.1) is 0 Å². The molecule has 4 nitrogen and oxygen atoms in total. The molecular formula is C18H18N2O2. The number of nitrogens with two attached hydrogens (primary N) is 1. The molecule has 1 aromatic heterocycles. The average molecular weight is 294 g/mol. The molecule has 0 spiro atoms. The summed E-state index contributed by atoms with van der Waals surface area (Å²) in [5.41, 5.74) is 9.83. The van der Waals surface area contributed by atoms with E-state index in [0.29, 0.717) is 6.42 Å². The standard InChI is InChI=1S/C18H18N2O2/c19-10-14(18(21)22)8-15-11-20-17-7-6-13(9-16(15)17)12-4-2-1-3-5-12/h1-7,9,11,14,20H,8,10,19H2,(H,21,22). The first kappa shape index (κ1) is 14.4. The van der Waals surface area contributed by atoms with Gasteiger partial charge in [-0.2, -0.15) is 0 Å². The molecule has 0 aliphatic rings. The fraction of sp³-hybridized carbons (Fsp3) is 0.167. The van der Waals surface area contributed by atoms with Gasteiger partial charge < -0.3 is 15.8 Å². The molecular weight excluding hydrogens is 276 g/mol. The fourth-order valence-electron chi connectivity index (χ4n) is 2.69. The van der Waals surface area contributed by atoms with Crippen molar-refractivity contribution in [3.05, 3.63) is 60.3 Å². The lowest BCUT2D eigenvalue weighted by Gasteiger charge is -2.09. The minimum Gasteiger partial charge on any atom is -0.481 e. The number of hydrogen-bond donors (Lipinski definition) is 3. The van der Waals surface area contributed by atoms with E-state index >= 15 is 0 Å². The lowest BCUT2D eigenvalue weighted by Crippen LogP contribution is -2.25. The lowest BCUT2D eigenvalue weighted by molar-refractivity contribution is -0.141. The van der Waals surface area contributed by atoms with Gasteiger partial charge in [-0.25, -0.2) is 0 Å². The molecule has 4 heteroatoms. The van der Waals surface area contributed by atoms with Crippen molar-refractivity contribution in [2.24, 2.45) is 11.7 Å². The lowest BCUT2D eigenvalue weighted by atomic mass is 9.97. The van der Waals surface area contributed by atoms with Gasteiger partial charge in [-0.3, -0.25) is 4.79 Å². The van der Waals surface area contributed by atoms with Crippen LogP contribution in [0, 0.1) is 5.92 Å². The van der Waals surface area contributed by atoms with E-state index in [2.05, 4.69) is 29.2 Å². The molecule has 0 amide bonds. The second-order valence-corrected chi connectivity index (χ2v) is 5.42. The Hall–Kier alpha value is -2.59. The predicted octanol–water partition coefficient (Wildman–Crippen LogP) is 3.04. The van der Waals surface area contributed by atoms with Gasteiger partial charge in [0.05, 0.1) is 5.92 Å². The Bertz CT molecular complexity index is 793. The van der Waals surface area contributed by atoms with Crippen molar-refractivity contribution in [2.45, 2.75) is 6.42 Å². The minimum atomic E-state index is -0.851. The molecule has 2 aromatic carbocycles. The maximum atomic E-state index is 11.2. The number of benzene rings is 2. The van der Waals surface area contributed by atoms with Crippen molar-refractivity contribution in [3.63, 3.8) is 0 Å². The predicted molar refractivity (Wildman–Crippen MR) is 87.6 cm³/mol. The molecule has 0 saturated carbocycles. The summed E-state index contributed by atoms with van der Waals surface area (Å²) in [5.74, 6) is -1.41. The monoisotopic (exact) mass is 294 g/mol. The van der Waals surface area contributed by atoms with Crippen LogP contribution in [0.15, 0.2) is 54.7 Å². The number of rotatable bonds is 5. The van der Waals surface area contributed by atoms with Crippen molar-refractivity contribution in [1.29, 1.82) is 0 Å². The highest BCUT2D eigenvalue weighted by molar-refractivity contribution is 5.88. The number of aromatic nitrogens is 1. The summed E-state index contributed by atoms with van der Waals surface area (Å²) in [5, 5.41) is 10.2. The summed E-state index contributed by atoms with van der Waals surface area (Å²) >= 11 is 0. The van der Waals surface area contributed by atoms with Crippen LogP contribution in [0.25, 0.3) is 22.0 Å². The number of aliphatic carboxylic acids is 1. The van der Waals surface area contributed by atoms with Crippen LogP contribution < -0.4 is 5.73 Å². The molecule has 0 radical (unpaired) electrons. The Morgan fingerprint density at radius 2 is 1.91 bits per heavy atom. The molecule has 22 heavy (non-hydrogen) atoms. The first-order chi connectivity index (χ1) is 10.7. The smallest absolute Gasteiger partial charge is 0.308 e. The first-order valence-corrected chi connectivity index (χ1v) is 7.27. The average Bonchev–Trinajstić information content (AvgIpc) is 2.95. The van der Waals surface area contributed by atoms with Crippen LogP contribution in [0.4, 0.5) is 0 Å². The van der Waals surface area contributed by atoms with Gasteiger partial charge in [-0.1, -0.05) is 36.4 Å². The summed E-state index contributed by atoms with van der Waals surface area (Å²) in [6.45, 7) is 0.139. The highest BCUT2D eigenvalue weighted by Crippen LogP contribution is 2.27. The number of hydrogen-bond acceptors (Lipinski definition) is 2. The van der Waals surface area contributed by atoms with Gasteiger partial charge in [0.25, 0.3) is 0 Å². The molecule has 3 rings (SSSR count). The summed E-state index contributed by atoms with van der Waals surface area (Å²) < 4.78 is 0. The first-order valence-electron chi connectivity index (χ1n) is 7.27. The highest BCUT2D eigenvalue weighted by atomic mass is 16.4. The number of carboxylic acids is 1. The zero-order valence-corrected chi connectivity index (χ0v) is 12.1. The van der Waals surface area contributed by atoms with Gasteiger partial charge in [0, 0.05) is 23.6 Å². The fourth-order valence-corrected chi connectivity index (χ4v) is 2.69.